The van der Waals surface area contributed by atoms with Crippen LogP contribution in [-0.4, -0.2) is 28.7 Å². The molecule has 2 aliphatic carbocycles. The van der Waals surface area contributed by atoms with E-state index in [1.807, 2.05) is 13.8 Å². The molecule has 3 rings (SSSR count). The number of rotatable bonds is 1. The van der Waals surface area contributed by atoms with E-state index >= 15 is 0 Å². The Labute approximate surface area is 123 Å². The van der Waals surface area contributed by atoms with Gasteiger partial charge >= 0.3 is 0 Å². The van der Waals surface area contributed by atoms with Crippen molar-refractivity contribution in [3.63, 3.8) is 0 Å². The van der Waals surface area contributed by atoms with Crippen LogP contribution in [-0.2, 0) is 9.53 Å². The number of ether oxygens (including phenoxy) is 1. The van der Waals surface area contributed by atoms with Gasteiger partial charge in [-0.15, -0.1) is 0 Å². The Morgan fingerprint density at radius 2 is 2.05 bits per heavy atom. The molecule has 1 aliphatic heterocycles. The Bertz CT molecular complexity index is 684. The maximum absolute atomic E-state index is 11.7. The SMILES string of the molecule is CC(=O)C1=CC2=C3C(=CC(O)=CC3(C)C)COC2C=C1O. The molecule has 0 aromatic rings. The summed E-state index contributed by atoms with van der Waals surface area (Å²) in [5.41, 5.74) is 2.79. The van der Waals surface area contributed by atoms with E-state index in [0.29, 0.717) is 12.2 Å². The summed E-state index contributed by atoms with van der Waals surface area (Å²) in [4.78, 5) is 11.7. The maximum Gasteiger partial charge on any atom is 0.163 e. The molecule has 110 valence electrons. The summed E-state index contributed by atoms with van der Waals surface area (Å²) in [6.45, 7) is 5.83. The van der Waals surface area contributed by atoms with Crippen molar-refractivity contribution in [2.24, 2.45) is 5.41 Å². The Morgan fingerprint density at radius 3 is 2.71 bits per heavy atom. The molecule has 0 fully saturated rings. The first kappa shape index (κ1) is 13.9. The molecule has 1 unspecified atom stereocenters. The first-order valence-electron chi connectivity index (χ1n) is 6.92. The summed E-state index contributed by atoms with van der Waals surface area (Å²) in [7, 11) is 0. The quantitative estimate of drug-likeness (QED) is 0.777. The molecule has 0 bridgehead atoms. The summed E-state index contributed by atoms with van der Waals surface area (Å²) in [6, 6.07) is 0. The number of carbonyl (C=O) groups excluding carboxylic acids is 1. The van der Waals surface area contributed by atoms with E-state index in [-0.39, 0.29) is 28.8 Å². The lowest BCUT2D eigenvalue weighted by Gasteiger charge is -2.38. The molecule has 1 atom stereocenters. The molecule has 1 heterocycles. The molecule has 0 spiro atoms. The smallest absolute Gasteiger partial charge is 0.163 e. The Morgan fingerprint density at radius 1 is 1.33 bits per heavy atom. The number of aliphatic hydroxyl groups is 2. The number of carbonyl (C=O) groups is 1. The number of hydrogen-bond donors (Lipinski definition) is 2. The summed E-state index contributed by atoms with van der Waals surface area (Å²) in [6.07, 6.45) is 6.42. The van der Waals surface area contributed by atoms with Crippen LogP contribution in [0.25, 0.3) is 0 Å². The van der Waals surface area contributed by atoms with Crippen LogP contribution >= 0.6 is 0 Å². The van der Waals surface area contributed by atoms with Crippen LogP contribution in [0, 0.1) is 5.41 Å². The van der Waals surface area contributed by atoms with Crippen molar-refractivity contribution in [2.45, 2.75) is 26.9 Å². The van der Waals surface area contributed by atoms with E-state index < -0.39 is 0 Å². The van der Waals surface area contributed by atoms with Crippen LogP contribution in [0.15, 0.2) is 58.1 Å². The zero-order valence-corrected chi connectivity index (χ0v) is 12.3. The van der Waals surface area contributed by atoms with Gasteiger partial charge in [0.1, 0.15) is 17.6 Å². The number of aliphatic hydroxyl groups excluding tert-OH is 2. The Hall–Kier alpha value is -2.07. The molecule has 0 saturated carbocycles. The van der Waals surface area contributed by atoms with Gasteiger partial charge in [-0.3, -0.25) is 4.79 Å². The maximum atomic E-state index is 11.7. The van der Waals surface area contributed by atoms with Gasteiger partial charge in [0.15, 0.2) is 5.78 Å². The third kappa shape index (κ3) is 2.16. The van der Waals surface area contributed by atoms with Crippen LogP contribution < -0.4 is 0 Å². The van der Waals surface area contributed by atoms with Crippen molar-refractivity contribution in [3.8, 4) is 0 Å². The highest BCUT2D eigenvalue weighted by Crippen LogP contribution is 2.45. The molecule has 3 aliphatic rings. The van der Waals surface area contributed by atoms with Gasteiger partial charge in [0, 0.05) is 5.41 Å². The van der Waals surface area contributed by atoms with Gasteiger partial charge in [-0.1, -0.05) is 13.8 Å². The molecular weight excluding hydrogens is 268 g/mol. The minimum atomic E-state index is -0.356. The third-order valence-corrected chi connectivity index (χ3v) is 4.07. The predicted octanol–water partition coefficient (Wildman–Crippen LogP) is 3.06. The topological polar surface area (TPSA) is 66.8 Å². The van der Waals surface area contributed by atoms with Gasteiger partial charge in [-0.05, 0) is 47.9 Å². The molecule has 0 aromatic heterocycles. The molecule has 4 heteroatoms. The minimum absolute atomic E-state index is 0.0312. The second-order valence-electron chi connectivity index (χ2n) is 6.19. The van der Waals surface area contributed by atoms with Gasteiger partial charge in [-0.25, -0.2) is 0 Å². The number of fused-ring (bicyclic) bond motifs is 2. The molecule has 21 heavy (non-hydrogen) atoms. The number of ketones is 1. The number of Topliss-reactive ketones (excluding diaryl/α,β-unsaturated/α-hetero) is 1. The van der Waals surface area contributed by atoms with Crippen molar-refractivity contribution in [1.82, 2.24) is 0 Å². The van der Waals surface area contributed by atoms with Crippen molar-refractivity contribution in [2.75, 3.05) is 6.61 Å². The highest BCUT2D eigenvalue weighted by molar-refractivity contribution is 5.98. The normalized spacial score (nSPS) is 26.9. The van der Waals surface area contributed by atoms with E-state index in [9.17, 15) is 15.0 Å². The van der Waals surface area contributed by atoms with Crippen LogP contribution in [0.4, 0.5) is 0 Å². The molecule has 4 nitrogen and oxygen atoms in total. The van der Waals surface area contributed by atoms with E-state index in [0.717, 1.165) is 16.7 Å². The van der Waals surface area contributed by atoms with Crippen molar-refractivity contribution < 1.29 is 19.7 Å². The van der Waals surface area contributed by atoms with Gasteiger partial charge in [0.25, 0.3) is 0 Å². The average Bonchev–Trinajstić information content (AvgIpc) is 2.35. The molecule has 0 amide bonds. The lowest BCUT2D eigenvalue weighted by atomic mass is 9.71. The van der Waals surface area contributed by atoms with E-state index in [1.54, 1.807) is 24.3 Å². The third-order valence-electron chi connectivity index (χ3n) is 4.07. The average molecular weight is 286 g/mol. The fourth-order valence-corrected chi connectivity index (χ4v) is 3.27. The van der Waals surface area contributed by atoms with Crippen LogP contribution in [0.2, 0.25) is 0 Å². The number of hydrogen-bond acceptors (Lipinski definition) is 4. The zero-order valence-electron chi connectivity index (χ0n) is 12.3. The molecule has 0 radical (unpaired) electrons. The fraction of sp³-hybridized carbons (Fsp3) is 0.353. The first-order valence-corrected chi connectivity index (χ1v) is 6.92. The minimum Gasteiger partial charge on any atom is -0.508 e. The summed E-state index contributed by atoms with van der Waals surface area (Å²) < 4.78 is 5.73. The Balaban J connectivity index is 2.23. The first-order chi connectivity index (χ1) is 9.79. The molecular formula is C17H18O4. The lowest BCUT2D eigenvalue weighted by molar-refractivity contribution is -0.113. The van der Waals surface area contributed by atoms with Gasteiger partial charge < -0.3 is 14.9 Å². The van der Waals surface area contributed by atoms with Crippen LogP contribution in [0.3, 0.4) is 0 Å². The highest BCUT2D eigenvalue weighted by Gasteiger charge is 2.37. The van der Waals surface area contributed by atoms with Crippen molar-refractivity contribution in [3.05, 3.63) is 58.1 Å². The summed E-state index contributed by atoms with van der Waals surface area (Å²) in [5, 5.41) is 19.8. The van der Waals surface area contributed by atoms with Gasteiger partial charge in [0.05, 0.1) is 12.2 Å². The zero-order chi connectivity index (χ0) is 15.4. The molecule has 2 N–H and O–H groups in total. The van der Waals surface area contributed by atoms with Crippen molar-refractivity contribution >= 4 is 5.78 Å². The summed E-state index contributed by atoms with van der Waals surface area (Å²) in [5.74, 6) is 0.0149. The van der Waals surface area contributed by atoms with E-state index in [4.69, 9.17) is 4.74 Å². The summed E-state index contributed by atoms with van der Waals surface area (Å²) >= 11 is 0. The fourth-order valence-electron chi connectivity index (χ4n) is 3.27. The number of allylic oxidation sites excluding steroid dienone is 3. The predicted molar refractivity (Wildman–Crippen MR) is 78.8 cm³/mol. The largest absolute Gasteiger partial charge is 0.508 e. The van der Waals surface area contributed by atoms with E-state index in [2.05, 4.69) is 0 Å². The van der Waals surface area contributed by atoms with Crippen molar-refractivity contribution in [1.29, 1.82) is 0 Å². The van der Waals surface area contributed by atoms with E-state index in [1.165, 1.54) is 6.92 Å². The van der Waals surface area contributed by atoms with Gasteiger partial charge in [-0.2, -0.15) is 0 Å². The monoisotopic (exact) mass is 286 g/mol. The molecule has 0 aromatic carbocycles. The van der Waals surface area contributed by atoms with Crippen LogP contribution in [0.1, 0.15) is 20.8 Å². The van der Waals surface area contributed by atoms with Crippen LogP contribution in [0.5, 0.6) is 0 Å². The standard InChI is InChI=1S/C17H18O4/c1-9(18)12-5-13-15(6-14(12)20)21-8-10-4-11(19)7-17(2,3)16(10)13/h4-7,15,19-20H,8H2,1-3H3. The second kappa shape index (κ2) is 4.46. The van der Waals surface area contributed by atoms with Gasteiger partial charge in [0.2, 0.25) is 0 Å². The second-order valence-corrected chi connectivity index (χ2v) is 6.19. The molecule has 0 saturated heterocycles. The lowest BCUT2D eigenvalue weighted by Crippen LogP contribution is -2.32. The highest BCUT2D eigenvalue weighted by atomic mass is 16.5. The Kier molecular flexibility index (Phi) is 2.95.